The molecule has 0 bridgehead atoms. The molecule has 98 valence electrons. The third-order valence-corrected chi connectivity index (χ3v) is 3.85. The largest absolute Gasteiger partial charge is 0.391 e. The molecule has 0 saturated carbocycles. The molecule has 1 aromatic carbocycles. The molecule has 1 rings (SSSR count). The number of anilines is 1. The van der Waals surface area contributed by atoms with E-state index in [0.29, 0.717) is 18.0 Å². The topological polar surface area (TPSA) is 56.0 Å². The molecule has 0 radical (unpaired) electrons. The second-order valence-corrected chi connectivity index (χ2v) is 5.19. The minimum Gasteiger partial charge on any atom is -0.391 e. The Labute approximate surface area is 117 Å². The standard InChI is InChI=1S/C14H19BrN2O/c1-3-10(4-2)14(18)9-17-12-6-5-11(8-16)13(15)7-12/h5-7,10,14,17-18H,3-4,9H2,1-2H3. The van der Waals surface area contributed by atoms with E-state index in [1.807, 2.05) is 12.1 Å². The lowest BCUT2D eigenvalue weighted by molar-refractivity contribution is 0.114. The monoisotopic (exact) mass is 310 g/mol. The molecular formula is C14H19BrN2O. The number of aliphatic hydroxyl groups excluding tert-OH is 1. The Bertz CT molecular complexity index is 424. The van der Waals surface area contributed by atoms with Crippen molar-refractivity contribution in [2.24, 2.45) is 5.92 Å². The normalized spacial score (nSPS) is 12.2. The Morgan fingerprint density at radius 1 is 1.39 bits per heavy atom. The molecule has 0 heterocycles. The van der Waals surface area contributed by atoms with Crippen LogP contribution < -0.4 is 5.32 Å². The van der Waals surface area contributed by atoms with E-state index in [9.17, 15) is 5.11 Å². The lowest BCUT2D eigenvalue weighted by Gasteiger charge is -2.21. The molecule has 4 heteroatoms. The van der Waals surface area contributed by atoms with Gasteiger partial charge in [0.15, 0.2) is 0 Å². The van der Waals surface area contributed by atoms with E-state index in [-0.39, 0.29) is 6.10 Å². The molecule has 0 amide bonds. The molecule has 1 aromatic rings. The Morgan fingerprint density at radius 2 is 2.06 bits per heavy atom. The summed E-state index contributed by atoms with van der Waals surface area (Å²) in [6.45, 7) is 4.72. The van der Waals surface area contributed by atoms with Gasteiger partial charge in [0.05, 0.1) is 11.7 Å². The van der Waals surface area contributed by atoms with Gasteiger partial charge in [-0.15, -0.1) is 0 Å². The summed E-state index contributed by atoms with van der Waals surface area (Å²) >= 11 is 3.35. The van der Waals surface area contributed by atoms with E-state index in [1.165, 1.54) is 0 Å². The Balaban J connectivity index is 2.59. The highest BCUT2D eigenvalue weighted by atomic mass is 79.9. The number of hydrogen-bond acceptors (Lipinski definition) is 3. The van der Waals surface area contributed by atoms with Crippen LogP contribution in [0.4, 0.5) is 5.69 Å². The number of benzene rings is 1. The maximum atomic E-state index is 10.0. The van der Waals surface area contributed by atoms with Crippen LogP contribution in [0.1, 0.15) is 32.3 Å². The molecule has 0 aromatic heterocycles. The van der Waals surface area contributed by atoms with Crippen LogP contribution in [-0.4, -0.2) is 17.8 Å². The predicted octanol–water partition coefficient (Wildman–Crippen LogP) is 3.53. The van der Waals surface area contributed by atoms with Gasteiger partial charge in [0.25, 0.3) is 0 Å². The number of nitrogens with one attached hydrogen (secondary N) is 1. The predicted molar refractivity (Wildman–Crippen MR) is 77.4 cm³/mol. The summed E-state index contributed by atoms with van der Waals surface area (Å²) in [5.74, 6) is 0.333. The van der Waals surface area contributed by atoms with Crippen molar-refractivity contribution >= 4 is 21.6 Å². The van der Waals surface area contributed by atoms with Crippen LogP contribution in [-0.2, 0) is 0 Å². The van der Waals surface area contributed by atoms with Gasteiger partial charge in [-0.2, -0.15) is 5.26 Å². The molecule has 2 N–H and O–H groups in total. The second-order valence-electron chi connectivity index (χ2n) is 4.33. The van der Waals surface area contributed by atoms with Crippen LogP contribution in [0.25, 0.3) is 0 Å². The van der Waals surface area contributed by atoms with Gasteiger partial charge in [-0.05, 0) is 40.0 Å². The van der Waals surface area contributed by atoms with Crippen molar-refractivity contribution in [3.05, 3.63) is 28.2 Å². The van der Waals surface area contributed by atoms with Gasteiger partial charge >= 0.3 is 0 Å². The van der Waals surface area contributed by atoms with Crippen LogP contribution in [0.2, 0.25) is 0 Å². The van der Waals surface area contributed by atoms with E-state index >= 15 is 0 Å². The number of nitriles is 1. The van der Waals surface area contributed by atoms with Crippen molar-refractivity contribution in [2.45, 2.75) is 32.8 Å². The van der Waals surface area contributed by atoms with Gasteiger partial charge in [-0.3, -0.25) is 0 Å². The van der Waals surface area contributed by atoms with E-state index < -0.39 is 0 Å². The number of nitrogens with zero attached hydrogens (tertiary/aromatic N) is 1. The number of rotatable bonds is 6. The minimum atomic E-state index is -0.339. The van der Waals surface area contributed by atoms with Gasteiger partial charge in [0.2, 0.25) is 0 Å². The fraction of sp³-hybridized carbons (Fsp3) is 0.500. The Kier molecular flexibility index (Phi) is 6.17. The van der Waals surface area contributed by atoms with Crippen LogP contribution in [0.5, 0.6) is 0 Å². The molecule has 0 aliphatic rings. The molecule has 18 heavy (non-hydrogen) atoms. The van der Waals surface area contributed by atoms with Gasteiger partial charge < -0.3 is 10.4 Å². The van der Waals surface area contributed by atoms with Crippen molar-refractivity contribution in [3.8, 4) is 6.07 Å². The fourth-order valence-corrected chi connectivity index (χ4v) is 2.41. The van der Waals surface area contributed by atoms with Gasteiger partial charge in [-0.1, -0.05) is 26.7 Å². The first-order valence-electron chi connectivity index (χ1n) is 6.23. The fourth-order valence-electron chi connectivity index (χ4n) is 1.94. The molecule has 0 fully saturated rings. The highest BCUT2D eigenvalue weighted by Gasteiger charge is 2.14. The smallest absolute Gasteiger partial charge is 0.100 e. The first kappa shape index (κ1) is 15.0. The summed E-state index contributed by atoms with van der Waals surface area (Å²) in [6, 6.07) is 7.57. The third-order valence-electron chi connectivity index (χ3n) is 3.20. The zero-order chi connectivity index (χ0) is 13.5. The maximum absolute atomic E-state index is 10.0. The third kappa shape index (κ3) is 4.01. The van der Waals surface area contributed by atoms with Crippen molar-refractivity contribution in [2.75, 3.05) is 11.9 Å². The van der Waals surface area contributed by atoms with E-state index in [0.717, 1.165) is 23.0 Å². The van der Waals surface area contributed by atoms with Crippen molar-refractivity contribution in [1.29, 1.82) is 5.26 Å². The van der Waals surface area contributed by atoms with Gasteiger partial charge in [0, 0.05) is 16.7 Å². The van der Waals surface area contributed by atoms with Crippen LogP contribution in [0.3, 0.4) is 0 Å². The zero-order valence-corrected chi connectivity index (χ0v) is 12.4. The van der Waals surface area contributed by atoms with Crippen LogP contribution in [0.15, 0.2) is 22.7 Å². The summed E-state index contributed by atoms with van der Waals surface area (Å²) in [5, 5.41) is 22.0. The van der Waals surface area contributed by atoms with E-state index in [1.54, 1.807) is 6.07 Å². The Hall–Kier alpha value is -1.05. The summed E-state index contributed by atoms with van der Waals surface area (Å²) in [5.41, 5.74) is 1.52. The molecule has 0 aliphatic heterocycles. The van der Waals surface area contributed by atoms with Crippen molar-refractivity contribution < 1.29 is 5.11 Å². The second kappa shape index (κ2) is 7.40. The molecular weight excluding hydrogens is 292 g/mol. The molecule has 0 spiro atoms. The van der Waals surface area contributed by atoms with E-state index in [2.05, 4.69) is 41.2 Å². The van der Waals surface area contributed by atoms with Gasteiger partial charge in [-0.25, -0.2) is 0 Å². The SMILES string of the molecule is CCC(CC)C(O)CNc1ccc(C#N)c(Br)c1. The molecule has 1 unspecified atom stereocenters. The molecule has 3 nitrogen and oxygen atoms in total. The lowest BCUT2D eigenvalue weighted by atomic mass is 9.96. The maximum Gasteiger partial charge on any atom is 0.100 e. The molecule has 1 atom stereocenters. The highest BCUT2D eigenvalue weighted by molar-refractivity contribution is 9.10. The average Bonchev–Trinajstić information content (AvgIpc) is 2.38. The average molecular weight is 311 g/mol. The summed E-state index contributed by atoms with van der Waals surface area (Å²) < 4.78 is 0.770. The quantitative estimate of drug-likeness (QED) is 0.845. The minimum absolute atomic E-state index is 0.333. The first-order chi connectivity index (χ1) is 8.62. The van der Waals surface area contributed by atoms with E-state index in [4.69, 9.17) is 5.26 Å². The first-order valence-corrected chi connectivity index (χ1v) is 7.03. The number of hydrogen-bond donors (Lipinski definition) is 2. The summed E-state index contributed by atoms with van der Waals surface area (Å²) in [6.07, 6.45) is 1.63. The summed E-state index contributed by atoms with van der Waals surface area (Å²) in [7, 11) is 0. The van der Waals surface area contributed by atoms with Gasteiger partial charge in [0.1, 0.15) is 6.07 Å². The number of halogens is 1. The van der Waals surface area contributed by atoms with Crippen molar-refractivity contribution in [1.82, 2.24) is 0 Å². The van der Waals surface area contributed by atoms with Crippen molar-refractivity contribution in [3.63, 3.8) is 0 Å². The molecule has 0 saturated heterocycles. The number of aliphatic hydroxyl groups is 1. The molecule has 0 aliphatic carbocycles. The summed E-state index contributed by atoms with van der Waals surface area (Å²) in [4.78, 5) is 0. The van der Waals surface area contributed by atoms with Crippen LogP contribution >= 0.6 is 15.9 Å². The zero-order valence-electron chi connectivity index (χ0n) is 10.8. The Morgan fingerprint density at radius 3 is 2.56 bits per heavy atom. The highest BCUT2D eigenvalue weighted by Crippen LogP contribution is 2.21. The van der Waals surface area contributed by atoms with Crippen LogP contribution in [0, 0.1) is 17.2 Å². The lowest BCUT2D eigenvalue weighted by Crippen LogP contribution is -2.27.